The van der Waals surface area contributed by atoms with Gasteiger partial charge in [-0.15, -0.1) is 0 Å². The number of benzene rings is 1. The van der Waals surface area contributed by atoms with Crippen molar-refractivity contribution in [3.05, 3.63) is 59.7 Å². The minimum atomic E-state index is 0.00922. The Kier molecular flexibility index (Phi) is 6.88. The Morgan fingerprint density at radius 1 is 1.00 bits per heavy atom. The van der Waals surface area contributed by atoms with E-state index in [0.717, 1.165) is 44.0 Å². The van der Waals surface area contributed by atoms with Crippen LogP contribution < -0.4 is 5.32 Å². The average Bonchev–Trinajstić information content (AvgIpc) is 2.55. The highest BCUT2D eigenvalue weighted by atomic mass is 15.1. The summed E-state index contributed by atoms with van der Waals surface area (Å²) in [6, 6.07) is 10.6. The maximum atomic E-state index is 4.46. The molecule has 130 valence electrons. The van der Waals surface area contributed by atoms with Gasteiger partial charge in [-0.2, -0.15) is 0 Å². The van der Waals surface area contributed by atoms with Gasteiger partial charge in [0, 0.05) is 36.5 Å². The Morgan fingerprint density at radius 3 is 2.29 bits per heavy atom. The van der Waals surface area contributed by atoms with E-state index in [1.54, 1.807) is 0 Å². The third-order valence-corrected chi connectivity index (χ3v) is 3.89. The van der Waals surface area contributed by atoms with Crippen LogP contribution >= 0.6 is 0 Å². The number of hydrogen-bond acceptors (Lipinski definition) is 4. The predicted molar refractivity (Wildman–Crippen MR) is 99.8 cm³/mol. The van der Waals surface area contributed by atoms with Crippen LogP contribution in [0, 0.1) is 0 Å². The van der Waals surface area contributed by atoms with E-state index in [2.05, 4.69) is 78.3 Å². The van der Waals surface area contributed by atoms with Crippen LogP contribution in [0.3, 0.4) is 0 Å². The molecule has 2 aromatic rings. The van der Waals surface area contributed by atoms with Crippen LogP contribution in [0.4, 0.5) is 0 Å². The van der Waals surface area contributed by atoms with Crippen molar-refractivity contribution in [2.24, 2.45) is 0 Å². The van der Waals surface area contributed by atoms with Gasteiger partial charge in [-0.1, -0.05) is 51.1 Å². The van der Waals surface area contributed by atoms with Crippen LogP contribution in [0.5, 0.6) is 0 Å². The molecule has 0 amide bonds. The molecule has 1 aromatic carbocycles. The molecule has 2 rings (SSSR count). The lowest BCUT2D eigenvalue weighted by Crippen LogP contribution is -2.24. The van der Waals surface area contributed by atoms with E-state index in [-0.39, 0.29) is 5.41 Å². The Bertz CT molecular complexity index is 587. The number of aromatic nitrogens is 2. The smallest absolute Gasteiger partial charge is 0.133 e. The lowest BCUT2D eigenvalue weighted by molar-refractivity contribution is 0.319. The molecule has 0 aliphatic rings. The maximum absolute atomic E-state index is 4.46. The first kappa shape index (κ1) is 18.6. The van der Waals surface area contributed by atoms with Crippen molar-refractivity contribution in [3.63, 3.8) is 0 Å². The van der Waals surface area contributed by atoms with Crippen molar-refractivity contribution in [3.8, 4) is 0 Å². The van der Waals surface area contributed by atoms with Gasteiger partial charge in [0.15, 0.2) is 0 Å². The summed E-state index contributed by atoms with van der Waals surface area (Å²) in [5.74, 6) is 0.897. The molecule has 0 atom stereocenters. The number of nitrogens with one attached hydrogen (secondary N) is 1. The van der Waals surface area contributed by atoms with Crippen molar-refractivity contribution >= 4 is 0 Å². The Balaban J connectivity index is 1.62. The van der Waals surface area contributed by atoms with Crippen molar-refractivity contribution in [2.45, 2.75) is 45.7 Å². The molecule has 0 unspecified atom stereocenters. The van der Waals surface area contributed by atoms with Crippen LogP contribution in [-0.2, 0) is 18.5 Å². The van der Waals surface area contributed by atoms with E-state index < -0.39 is 0 Å². The van der Waals surface area contributed by atoms with E-state index in [0.29, 0.717) is 0 Å². The molecule has 0 saturated heterocycles. The number of rotatable bonds is 8. The van der Waals surface area contributed by atoms with Gasteiger partial charge in [0.1, 0.15) is 5.82 Å². The Hall–Kier alpha value is -1.78. The highest BCUT2D eigenvalue weighted by Gasteiger charge is 2.16. The third-order valence-electron chi connectivity index (χ3n) is 3.89. The summed E-state index contributed by atoms with van der Waals surface area (Å²) in [5, 5.41) is 3.47. The first-order valence-corrected chi connectivity index (χ1v) is 8.70. The lowest BCUT2D eigenvalue weighted by atomic mass is 9.96. The molecule has 4 heteroatoms. The Morgan fingerprint density at radius 2 is 1.67 bits per heavy atom. The largest absolute Gasteiger partial charge is 0.313 e. The van der Waals surface area contributed by atoms with Crippen LogP contribution in [-0.4, -0.2) is 35.0 Å². The van der Waals surface area contributed by atoms with Crippen molar-refractivity contribution in [2.75, 3.05) is 20.1 Å². The van der Waals surface area contributed by atoms with Crippen molar-refractivity contribution < 1.29 is 0 Å². The third kappa shape index (κ3) is 6.38. The molecule has 0 saturated carbocycles. The molecule has 0 bridgehead atoms. The molecule has 0 fully saturated rings. The predicted octanol–water partition coefficient (Wildman–Crippen LogP) is 3.39. The Labute approximate surface area is 146 Å². The summed E-state index contributed by atoms with van der Waals surface area (Å²) in [4.78, 5) is 11.3. The minimum absolute atomic E-state index is 0.00922. The zero-order chi connectivity index (χ0) is 17.4. The summed E-state index contributed by atoms with van der Waals surface area (Å²) in [7, 11) is 2.17. The van der Waals surface area contributed by atoms with E-state index in [4.69, 9.17) is 0 Å². The fourth-order valence-corrected chi connectivity index (χ4v) is 2.51. The van der Waals surface area contributed by atoms with Crippen LogP contribution in [0.15, 0.2) is 42.7 Å². The molecular weight excluding hydrogens is 296 g/mol. The van der Waals surface area contributed by atoms with Gasteiger partial charge in [0.05, 0.1) is 0 Å². The number of nitrogens with zero attached hydrogens (tertiary/aromatic N) is 3. The molecule has 1 aromatic heterocycles. The summed E-state index contributed by atoms with van der Waals surface area (Å²) in [6.07, 6.45) is 4.99. The second-order valence-electron chi connectivity index (χ2n) is 7.42. The normalized spacial score (nSPS) is 11.9. The van der Waals surface area contributed by atoms with E-state index in [1.165, 1.54) is 5.56 Å². The molecule has 4 nitrogen and oxygen atoms in total. The summed E-state index contributed by atoms with van der Waals surface area (Å²) in [5.41, 5.74) is 2.51. The fraction of sp³-hybridized carbons (Fsp3) is 0.500. The monoisotopic (exact) mass is 326 g/mol. The molecule has 0 aliphatic carbocycles. The zero-order valence-electron chi connectivity index (χ0n) is 15.4. The zero-order valence-corrected chi connectivity index (χ0v) is 15.4. The fourth-order valence-electron chi connectivity index (χ4n) is 2.51. The molecule has 0 spiro atoms. The lowest BCUT2D eigenvalue weighted by Gasteiger charge is -2.17. The van der Waals surface area contributed by atoms with Crippen molar-refractivity contribution in [1.82, 2.24) is 20.2 Å². The van der Waals surface area contributed by atoms with Crippen LogP contribution in [0.25, 0.3) is 0 Å². The number of hydrogen-bond donors (Lipinski definition) is 1. The summed E-state index contributed by atoms with van der Waals surface area (Å²) < 4.78 is 0. The standard InChI is InChI=1S/C20H30N4/c1-20(2,3)19-22-14-18(15-23-19)13-21-11-8-12-24(4)16-17-9-6-5-7-10-17/h5-7,9-10,14-15,21H,8,11-13,16H2,1-4H3. The second-order valence-corrected chi connectivity index (χ2v) is 7.42. The molecule has 1 heterocycles. The van der Waals surface area contributed by atoms with E-state index in [9.17, 15) is 0 Å². The molecular formula is C20H30N4. The minimum Gasteiger partial charge on any atom is -0.313 e. The average molecular weight is 326 g/mol. The van der Waals surface area contributed by atoms with Gasteiger partial charge >= 0.3 is 0 Å². The molecule has 0 aliphatic heterocycles. The van der Waals surface area contributed by atoms with Crippen LogP contribution in [0.2, 0.25) is 0 Å². The van der Waals surface area contributed by atoms with E-state index >= 15 is 0 Å². The highest BCUT2D eigenvalue weighted by molar-refractivity contribution is 5.14. The quantitative estimate of drug-likeness (QED) is 0.755. The van der Waals surface area contributed by atoms with Gasteiger partial charge in [0.2, 0.25) is 0 Å². The maximum Gasteiger partial charge on any atom is 0.133 e. The van der Waals surface area contributed by atoms with Gasteiger partial charge in [0.25, 0.3) is 0 Å². The molecule has 1 N–H and O–H groups in total. The second kappa shape index (κ2) is 8.90. The van der Waals surface area contributed by atoms with E-state index in [1.807, 2.05) is 12.4 Å². The topological polar surface area (TPSA) is 41.0 Å². The first-order chi connectivity index (χ1) is 11.4. The highest BCUT2D eigenvalue weighted by Crippen LogP contribution is 2.16. The van der Waals surface area contributed by atoms with Gasteiger partial charge in [-0.05, 0) is 32.1 Å². The molecule has 0 radical (unpaired) electrons. The van der Waals surface area contributed by atoms with Gasteiger partial charge in [-0.25, -0.2) is 9.97 Å². The van der Waals surface area contributed by atoms with Gasteiger partial charge in [-0.3, -0.25) is 0 Å². The first-order valence-electron chi connectivity index (χ1n) is 8.70. The van der Waals surface area contributed by atoms with Crippen molar-refractivity contribution in [1.29, 1.82) is 0 Å². The SMILES string of the molecule is CN(CCCNCc1cnc(C(C)(C)C)nc1)Cc1ccccc1. The summed E-state index contributed by atoms with van der Waals surface area (Å²) in [6.45, 7) is 10.3. The van der Waals surface area contributed by atoms with Gasteiger partial charge < -0.3 is 10.2 Å². The molecule has 24 heavy (non-hydrogen) atoms. The summed E-state index contributed by atoms with van der Waals surface area (Å²) >= 11 is 0. The van der Waals surface area contributed by atoms with Crippen LogP contribution in [0.1, 0.15) is 44.1 Å².